The van der Waals surface area contributed by atoms with Gasteiger partial charge in [-0.2, -0.15) is 0 Å². The number of thiophene rings is 1. The minimum absolute atomic E-state index is 0.333. The molecule has 0 aliphatic carbocycles. The van der Waals surface area contributed by atoms with E-state index in [0.717, 1.165) is 20.7 Å². The lowest BCUT2D eigenvalue weighted by Crippen LogP contribution is -2.33. The highest BCUT2D eigenvalue weighted by atomic mass is 32.1. The maximum atomic E-state index is 13.2. The average Bonchev–Trinajstić information content (AvgIpc) is 3.13. The number of hydrogen-bond donors (Lipinski definition) is 3. The summed E-state index contributed by atoms with van der Waals surface area (Å²) >= 11 is 1.44. The summed E-state index contributed by atoms with van der Waals surface area (Å²) in [4.78, 5) is 43.2. The molecule has 8 nitrogen and oxygen atoms in total. The molecular weight excluding hydrogens is 414 g/mol. The number of aromatic nitrogens is 2. The standard InChI is InChI=1S/C22H19N5O3S/c1-13-17(14-6-4-3-5-7-14)18-20(31-13)24-12-27(21(18)29)26-19(28)15-8-10-16(11-9-15)25-22(30)23-2/h3-12H,1-2H3,(H,26,28)(H2,23,25,30). The van der Waals surface area contributed by atoms with Crippen molar-refractivity contribution in [1.29, 1.82) is 0 Å². The Balaban J connectivity index is 1.65. The van der Waals surface area contributed by atoms with Crippen molar-refractivity contribution in [3.63, 3.8) is 0 Å². The molecular formula is C22H19N5O3S. The zero-order valence-electron chi connectivity index (χ0n) is 16.8. The number of urea groups is 1. The first-order valence-corrected chi connectivity index (χ1v) is 10.3. The van der Waals surface area contributed by atoms with Crippen molar-refractivity contribution in [2.24, 2.45) is 0 Å². The summed E-state index contributed by atoms with van der Waals surface area (Å²) in [6.07, 6.45) is 1.31. The Morgan fingerprint density at radius 2 is 1.74 bits per heavy atom. The normalized spacial score (nSPS) is 10.6. The van der Waals surface area contributed by atoms with E-state index in [1.165, 1.54) is 24.7 Å². The predicted molar refractivity (Wildman–Crippen MR) is 122 cm³/mol. The molecule has 3 N–H and O–H groups in total. The lowest BCUT2D eigenvalue weighted by atomic mass is 10.0. The second-order valence-corrected chi connectivity index (χ2v) is 7.92. The molecule has 0 fully saturated rings. The van der Waals surface area contributed by atoms with Crippen LogP contribution >= 0.6 is 11.3 Å². The Morgan fingerprint density at radius 3 is 2.42 bits per heavy atom. The van der Waals surface area contributed by atoms with Gasteiger partial charge in [0.05, 0.1) is 5.39 Å². The van der Waals surface area contributed by atoms with Gasteiger partial charge in [-0.05, 0) is 36.8 Å². The molecule has 0 unspecified atom stereocenters. The zero-order chi connectivity index (χ0) is 22.0. The molecule has 0 aliphatic rings. The highest BCUT2D eigenvalue weighted by Gasteiger charge is 2.18. The Hall–Kier alpha value is -3.98. The molecule has 2 heterocycles. The molecule has 0 radical (unpaired) electrons. The summed E-state index contributed by atoms with van der Waals surface area (Å²) in [6, 6.07) is 15.6. The van der Waals surface area contributed by atoms with Crippen molar-refractivity contribution >= 4 is 39.2 Å². The maximum absolute atomic E-state index is 13.2. The van der Waals surface area contributed by atoms with Crippen LogP contribution in [-0.2, 0) is 0 Å². The summed E-state index contributed by atoms with van der Waals surface area (Å²) in [6.45, 7) is 1.95. The first kappa shape index (κ1) is 20.3. The molecule has 4 rings (SSSR count). The quantitative estimate of drug-likeness (QED) is 0.458. The summed E-state index contributed by atoms with van der Waals surface area (Å²) in [5.74, 6) is -0.469. The van der Waals surface area contributed by atoms with Crippen molar-refractivity contribution in [2.75, 3.05) is 17.8 Å². The van der Waals surface area contributed by atoms with Gasteiger partial charge in [0.25, 0.3) is 11.5 Å². The van der Waals surface area contributed by atoms with E-state index in [-0.39, 0.29) is 11.6 Å². The minimum atomic E-state index is -0.469. The molecule has 0 saturated heterocycles. The molecule has 3 amide bonds. The van der Waals surface area contributed by atoms with Crippen LogP contribution in [0.1, 0.15) is 15.2 Å². The van der Waals surface area contributed by atoms with E-state index in [1.54, 1.807) is 24.3 Å². The highest BCUT2D eigenvalue weighted by molar-refractivity contribution is 7.19. The number of rotatable bonds is 4. The van der Waals surface area contributed by atoms with Gasteiger partial charge in [-0.3, -0.25) is 15.0 Å². The first-order valence-electron chi connectivity index (χ1n) is 9.44. The monoisotopic (exact) mass is 433 g/mol. The van der Waals surface area contributed by atoms with Gasteiger partial charge in [0.2, 0.25) is 0 Å². The van der Waals surface area contributed by atoms with E-state index in [1.807, 2.05) is 37.3 Å². The number of hydrogen-bond acceptors (Lipinski definition) is 5. The lowest BCUT2D eigenvalue weighted by Gasteiger charge is -2.09. The Labute approximate surface area is 181 Å². The Morgan fingerprint density at radius 1 is 1.03 bits per heavy atom. The van der Waals surface area contributed by atoms with Crippen LogP contribution in [0.25, 0.3) is 21.3 Å². The molecule has 0 atom stereocenters. The van der Waals surface area contributed by atoms with Gasteiger partial charge in [-0.15, -0.1) is 11.3 Å². The van der Waals surface area contributed by atoms with Gasteiger partial charge in [0.15, 0.2) is 0 Å². The molecule has 2 aromatic heterocycles. The fourth-order valence-electron chi connectivity index (χ4n) is 3.21. The zero-order valence-corrected chi connectivity index (χ0v) is 17.6. The van der Waals surface area contributed by atoms with Gasteiger partial charge in [-0.25, -0.2) is 14.5 Å². The van der Waals surface area contributed by atoms with E-state index in [2.05, 4.69) is 21.0 Å². The average molecular weight is 433 g/mol. The van der Waals surface area contributed by atoms with Gasteiger partial charge < -0.3 is 10.6 Å². The predicted octanol–water partition coefficient (Wildman–Crippen LogP) is 3.57. The van der Waals surface area contributed by atoms with Crippen molar-refractivity contribution in [3.8, 4) is 11.1 Å². The first-order chi connectivity index (χ1) is 15.0. The number of carbonyl (C=O) groups is 2. The van der Waals surface area contributed by atoms with E-state index >= 15 is 0 Å². The molecule has 2 aromatic carbocycles. The topological polar surface area (TPSA) is 105 Å². The largest absolute Gasteiger partial charge is 0.341 e. The summed E-state index contributed by atoms with van der Waals surface area (Å²) in [7, 11) is 1.51. The SMILES string of the molecule is CNC(=O)Nc1ccc(C(=O)Nn2cnc3sc(C)c(-c4ccccc4)c3c2=O)cc1. The van der Waals surface area contributed by atoms with Crippen LogP contribution in [0.2, 0.25) is 0 Å². The van der Waals surface area contributed by atoms with Crippen LogP contribution in [-0.4, -0.2) is 28.6 Å². The third-order valence-corrected chi connectivity index (χ3v) is 5.72. The van der Waals surface area contributed by atoms with E-state index < -0.39 is 5.91 Å². The number of aryl methyl sites for hydroxylation is 1. The third-order valence-electron chi connectivity index (χ3n) is 4.71. The van der Waals surface area contributed by atoms with E-state index in [9.17, 15) is 14.4 Å². The van der Waals surface area contributed by atoms with Crippen molar-refractivity contribution < 1.29 is 9.59 Å². The number of nitrogens with zero attached hydrogens (tertiary/aromatic N) is 2. The van der Waals surface area contributed by atoms with Gasteiger partial charge in [-0.1, -0.05) is 30.3 Å². The fraction of sp³-hybridized carbons (Fsp3) is 0.0909. The molecule has 156 valence electrons. The Bertz CT molecular complexity index is 1330. The molecule has 0 aliphatic heterocycles. The molecule has 4 aromatic rings. The minimum Gasteiger partial charge on any atom is -0.341 e. The molecule has 9 heteroatoms. The van der Waals surface area contributed by atoms with Crippen LogP contribution in [0.3, 0.4) is 0 Å². The van der Waals surface area contributed by atoms with Crippen LogP contribution < -0.4 is 21.6 Å². The third kappa shape index (κ3) is 4.03. The number of carbonyl (C=O) groups excluding carboxylic acids is 2. The number of fused-ring (bicyclic) bond motifs is 1. The maximum Gasteiger partial charge on any atom is 0.318 e. The summed E-state index contributed by atoms with van der Waals surface area (Å²) < 4.78 is 1.10. The van der Waals surface area contributed by atoms with Crippen LogP contribution in [0, 0.1) is 6.92 Å². The van der Waals surface area contributed by atoms with Crippen molar-refractivity contribution in [1.82, 2.24) is 15.0 Å². The smallest absolute Gasteiger partial charge is 0.318 e. The second-order valence-electron chi connectivity index (χ2n) is 6.72. The van der Waals surface area contributed by atoms with Crippen molar-refractivity contribution in [3.05, 3.63) is 81.7 Å². The summed E-state index contributed by atoms with van der Waals surface area (Å²) in [5.41, 5.74) is 4.86. The van der Waals surface area contributed by atoms with E-state index in [0.29, 0.717) is 21.5 Å². The van der Waals surface area contributed by atoms with Crippen LogP contribution in [0.4, 0.5) is 10.5 Å². The second kappa shape index (κ2) is 8.41. The molecule has 31 heavy (non-hydrogen) atoms. The number of anilines is 1. The van der Waals surface area contributed by atoms with Gasteiger partial charge in [0.1, 0.15) is 11.2 Å². The summed E-state index contributed by atoms with van der Waals surface area (Å²) in [5, 5.41) is 5.54. The molecule has 0 saturated carbocycles. The van der Waals surface area contributed by atoms with Crippen LogP contribution in [0.5, 0.6) is 0 Å². The lowest BCUT2D eigenvalue weighted by molar-refractivity contribution is 0.101. The van der Waals surface area contributed by atoms with Crippen molar-refractivity contribution in [2.45, 2.75) is 6.92 Å². The van der Waals surface area contributed by atoms with E-state index in [4.69, 9.17) is 0 Å². The number of amides is 3. The van der Waals surface area contributed by atoms with Crippen LogP contribution in [0.15, 0.2) is 65.7 Å². The number of benzene rings is 2. The van der Waals surface area contributed by atoms with Gasteiger partial charge in [0, 0.05) is 28.7 Å². The Kier molecular flexibility index (Phi) is 5.50. The fourth-order valence-corrected chi connectivity index (χ4v) is 4.21. The number of nitrogens with one attached hydrogen (secondary N) is 3. The highest BCUT2D eigenvalue weighted by Crippen LogP contribution is 2.35. The molecule has 0 bridgehead atoms. The van der Waals surface area contributed by atoms with Gasteiger partial charge >= 0.3 is 6.03 Å². The molecule has 0 spiro atoms.